The lowest BCUT2D eigenvalue weighted by Crippen LogP contribution is -2.11. The Hall–Kier alpha value is -7.94. The lowest BCUT2D eigenvalue weighted by Gasteiger charge is -2.28. The molecule has 1 aromatic heterocycles. The van der Waals surface area contributed by atoms with Crippen LogP contribution in [0.1, 0.15) is 0 Å². The predicted molar refractivity (Wildman–Crippen MR) is 253 cm³/mol. The summed E-state index contributed by atoms with van der Waals surface area (Å²) in [6, 6.07) is 84.7. The largest absolute Gasteiger partial charge is 0.455 e. The molecule has 60 heavy (non-hydrogen) atoms. The summed E-state index contributed by atoms with van der Waals surface area (Å²) in [5.41, 5.74) is 16.7. The van der Waals surface area contributed by atoms with Crippen molar-refractivity contribution in [2.24, 2.45) is 0 Å². The topological polar surface area (TPSA) is 16.4 Å². The van der Waals surface area contributed by atoms with E-state index in [1.807, 2.05) is 0 Å². The van der Waals surface area contributed by atoms with Gasteiger partial charge < -0.3 is 9.32 Å². The summed E-state index contributed by atoms with van der Waals surface area (Å²) >= 11 is 0. The van der Waals surface area contributed by atoms with E-state index in [0.29, 0.717) is 0 Å². The van der Waals surface area contributed by atoms with Crippen molar-refractivity contribution >= 4 is 49.8 Å². The third-order valence-corrected chi connectivity index (χ3v) is 11.7. The van der Waals surface area contributed by atoms with Crippen LogP contribution in [-0.2, 0) is 0 Å². The Morgan fingerprint density at radius 2 is 0.750 bits per heavy atom. The zero-order valence-electron chi connectivity index (χ0n) is 32.9. The molecule has 11 aromatic rings. The zero-order chi connectivity index (χ0) is 39.8. The maximum absolute atomic E-state index is 6.94. The molecular formula is C58H39NO. The van der Waals surface area contributed by atoms with Gasteiger partial charge >= 0.3 is 0 Å². The maximum atomic E-state index is 6.94. The molecule has 0 saturated heterocycles. The Balaban J connectivity index is 1.13. The number of rotatable bonds is 8. The van der Waals surface area contributed by atoms with Crippen LogP contribution >= 0.6 is 0 Å². The van der Waals surface area contributed by atoms with E-state index in [1.165, 1.54) is 38.9 Å². The van der Waals surface area contributed by atoms with Gasteiger partial charge in [-0.2, -0.15) is 0 Å². The van der Waals surface area contributed by atoms with Crippen molar-refractivity contribution in [3.8, 4) is 55.6 Å². The fourth-order valence-electron chi connectivity index (χ4n) is 8.85. The molecule has 2 nitrogen and oxygen atoms in total. The molecule has 1 heterocycles. The highest BCUT2D eigenvalue weighted by Crippen LogP contribution is 2.49. The molecule has 0 fully saturated rings. The van der Waals surface area contributed by atoms with Crippen molar-refractivity contribution in [1.29, 1.82) is 0 Å². The number of furan rings is 1. The van der Waals surface area contributed by atoms with Crippen LogP contribution in [0, 0.1) is 0 Å². The molecule has 0 unspecified atom stereocenters. The van der Waals surface area contributed by atoms with Gasteiger partial charge in [0.1, 0.15) is 11.2 Å². The smallest absolute Gasteiger partial charge is 0.143 e. The molecule has 0 aliphatic heterocycles. The van der Waals surface area contributed by atoms with Crippen LogP contribution in [0.15, 0.2) is 241 Å². The number of hydrogen-bond acceptors (Lipinski definition) is 2. The fourth-order valence-corrected chi connectivity index (χ4v) is 8.85. The second-order valence-corrected chi connectivity index (χ2v) is 15.2. The maximum Gasteiger partial charge on any atom is 0.143 e. The summed E-state index contributed by atoms with van der Waals surface area (Å²) in [6.07, 6.45) is 0. The Bertz CT molecular complexity index is 3280. The van der Waals surface area contributed by atoms with Crippen molar-refractivity contribution in [3.63, 3.8) is 0 Å². The normalized spacial score (nSPS) is 11.3. The Labute approximate surface area is 349 Å². The van der Waals surface area contributed by atoms with Crippen LogP contribution in [0.3, 0.4) is 0 Å². The van der Waals surface area contributed by atoms with Gasteiger partial charge in [0, 0.05) is 22.0 Å². The Morgan fingerprint density at radius 3 is 1.40 bits per heavy atom. The lowest BCUT2D eigenvalue weighted by molar-refractivity contribution is 0.672. The Morgan fingerprint density at radius 1 is 0.283 bits per heavy atom. The monoisotopic (exact) mass is 765 g/mol. The SMILES string of the molecule is c1ccc(-c2ccc(-c3ccc(N(c4ccccc4-c4ccccc4)c4cccc5oc6c7ccccc7c(-c7ccccc7-c7ccccc7)cc6c45)cc3)cc2)cc1. The minimum atomic E-state index is 0.846. The van der Waals surface area contributed by atoms with Crippen LogP contribution < -0.4 is 4.90 Å². The van der Waals surface area contributed by atoms with Crippen LogP contribution in [0.4, 0.5) is 17.1 Å². The molecule has 0 bridgehead atoms. The third kappa shape index (κ3) is 6.23. The van der Waals surface area contributed by atoms with E-state index in [0.717, 1.165) is 66.5 Å². The van der Waals surface area contributed by atoms with Gasteiger partial charge in [-0.1, -0.05) is 200 Å². The van der Waals surface area contributed by atoms with Crippen molar-refractivity contribution in [2.75, 3.05) is 4.90 Å². The number of benzene rings is 10. The van der Waals surface area contributed by atoms with E-state index < -0.39 is 0 Å². The quantitative estimate of drug-likeness (QED) is 0.153. The number of hydrogen-bond donors (Lipinski definition) is 0. The summed E-state index contributed by atoms with van der Waals surface area (Å²) in [4.78, 5) is 2.41. The number of para-hydroxylation sites is 1. The molecule has 0 spiro atoms. The molecule has 0 radical (unpaired) electrons. The van der Waals surface area contributed by atoms with Gasteiger partial charge in [0.15, 0.2) is 0 Å². The van der Waals surface area contributed by atoms with Gasteiger partial charge in [0.25, 0.3) is 0 Å². The summed E-state index contributed by atoms with van der Waals surface area (Å²) in [7, 11) is 0. The Kier molecular flexibility index (Phi) is 8.87. The predicted octanol–water partition coefficient (Wildman–Crippen LogP) is 16.5. The molecule has 11 rings (SSSR count). The van der Waals surface area contributed by atoms with E-state index >= 15 is 0 Å². The van der Waals surface area contributed by atoms with Gasteiger partial charge in [-0.3, -0.25) is 0 Å². The van der Waals surface area contributed by atoms with Gasteiger partial charge in [-0.05, 0) is 91.9 Å². The minimum Gasteiger partial charge on any atom is -0.455 e. The summed E-state index contributed by atoms with van der Waals surface area (Å²) in [6.45, 7) is 0. The highest BCUT2D eigenvalue weighted by atomic mass is 16.3. The minimum absolute atomic E-state index is 0.846. The molecule has 0 atom stereocenters. The average Bonchev–Trinajstić information content (AvgIpc) is 3.72. The van der Waals surface area contributed by atoms with E-state index in [2.05, 4.69) is 241 Å². The van der Waals surface area contributed by atoms with Crippen molar-refractivity contribution in [3.05, 3.63) is 237 Å². The van der Waals surface area contributed by atoms with Crippen LogP contribution in [0.5, 0.6) is 0 Å². The van der Waals surface area contributed by atoms with Crippen LogP contribution in [0.2, 0.25) is 0 Å². The highest BCUT2D eigenvalue weighted by molar-refractivity contribution is 6.23. The standard InChI is InChI=1S/C58H39NO/c1-4-17-40(18-5-1)41-31-33-42(34-32-41)43-35-37-46(38-36-43)59(54-28-15-14-24-48(54)45-21-8-3-9-22-45)55-29-16-30-56-57(55)53-39-52(50-26-12-13-27-51(50)58(53)60-56)49-25-11-10-23-47(49)44-19-6-2-7-20-44/h1-39H. The lowest BCUT2D eigenvalue weighted by atomic mass is 9.90. The second-order valence-electron chi connectivity index (χ2n) is 15.2. The van der Waals surface area contributed by atoms with Crippen LogP contribution in [-0.4, -0.2) is 0 Å². The molecule has 0 N–H and O–H groups in total. The summed E-state index contributed by atoms with van der Waals surface area (Å²) in [5, 5.41) is 4.40. The number of anilines is 3. The molecule has 282 valence electrons. The molecule has 0 saturated carbocycles. The van der Waals surface area contributed by atoms with Gasteiger partial charge in [0.2, 0.25) is 0 Å². The van der Waals surface area contributed by atoms with Crippen molar-refractivity contribution < 1.29 is 4.42 Å². The molecule has 10 aromatic carbocycles. The first kappa shape index (κ1) is 35.2. The van der Waals surface area contributed by atoms with Crippen LogP contribution in [0.25, 0.3) is 88.3 Å². The van der Waals surface area contributed by atoms with Gasteiger partial charge in [-0.15, -0.1) is 0 Å². The van der Waals surface area contributed by atoms with Crippen molar-refractivity contribution in [1.82, 2.24) is 0 Å². The number of fused-ring (bicyclic) bond motifs is 5. The highest BCUT2D eigenvalue weighted by Gasteiger charge is 2.24. The first-order valence-electron chi connectivity index (χ1n) is 20.5. The number of nitrogens with zero attached hydrogens (tertiary/aromatic N) is 1. The first-order chi connectivity index (χ1) is 29.8. The van der Waals surface area contributed by atoms with E-state index in [4.69, 9.17) is 4.42 Å². The van der Waals surface area contributed by atoms with Crippen molar-refractivity contribution in [2.45, 2.75) is 0 Å². The molecular weight excluding hydrogens is 727 g/mol. The van der Waals surface area contributed by atoms with E-state index in [9.17, 15) is 0 Å². The molecule has 0 aliphatic rings. The zero-order valence-corrected chi connectivity index (χ0v) is 32.9. The van der Waals surface area contributed by atoms with Gasteiger partial charge in [0.05, 0.1) is 16.8 Å². The molecule has 2 heteroatoms. The average molecular weight is 766 g/mol. The van der Waals surface area contributed by atoms with Gasteiger partial charge in [-0.25, -0.2) is 0 Å². The van der Waals surface area contributed by atoms with E-state index in [-0.39, 0.29) is 0 Å². The third-order valence-electron chi connectivity index (χ3n) is 11.7. The molecule has 0 aliphatic carbocycles. The first-order valence-corrected chi connectivity index (χ1v) is 20.5. The molecule has 0 amide bonds. The van der Waals surface area contributed by atoms with E-state index in [1.54, 1.807) is 0 Å². The summed E-state index contributed by atoms with van der Waals surface area (Å²) < 4.78 is 6.94. The summed E-state index contributed by atoms with van der Waals surface area (Å²) in [5.74, 6) is 0. The second kappa shape index (κ2) is 15.1. The fraction of sp³-hybridized carbons (Fsp3) is 0.